The van der Waals surface area contributed by atoms with Crippen molar-refractivity contribution in [3.05, 3.63) is 30.3 Å². The maximum absolute atomic E-state index is 12.4. The molecule has 0 aromatic heterocycles. The van der Waals surface area contributed by atoms with Gasteiger partial charge in [-0.05, 0) is 32.9 Å². The molecule has 0 unspecified atom stereocenters. The molecule has 1 fully saturated rings. The lowest BCUT2D eigenvalue weighted by molar-refractivity contribution is -0.135. The van der Waals surface area contributed by atoms with E-state index in [9.17, 15) is 9.59 Å². The van der Waals surface area contributed by atoms with E-state index in [0.29, 0.717) is 19.5 Å². The van der Waals surface area contributed by atoms with Gasteiger partial charge >= 0.3 is 0 Å². The maximum atomic E-state index is 12.4. The van der Waals surface area contributed by atoms with E-state index in [1.165, 1.54) is 0 Å². The molecule has 0 N–H and O–H groups in total. The number of Topliss-reactive ketones (excluding diaryl/α,β-unsaturated/α-hetero) is 1. The quantitative estimate of drug-likeness (QED) is 0.833. The molecule has 0 aliphatic carbocycles. The Balaban J connectivity index is 2.25. The van der Waals surface area contributed by atoms with E-state index in [1.54, 1.807) is 11.9 Å². The van der Waals surface area contributed by atoms with Gasteiger partial charge in [-0.1, -0.05) is 18.2 Å². The number of amides is 1. The summed E-state index contributed by atoms with van der Waals surface area (Å²) in [5.41, 5.74) is 0.581. The van der Waals surface area contributed by atoms with E-state index in [1.807, 2.05) is 49.2 Å². The highest BCUT2D eigenvalue weighted by molar-refractivity contribution is 5.88. The normalized spacial score (nSPS) is 17.9. The number of hydrazine groups is 1. The van der Waals surface area contributed by atoms with E-state index in [2.05, 4.69) is 0 Å². The van der Waals surface area contributed by atoms with Gasteiger partial charge in [0.15, 0.2) is 0 Å². The van der Waals surface area contributed by atoms with Crippen LogP contribution in [0.1, 0.15) is 27.2 Å². The molecule has 2 rings (SSSR count). The highest BCUT2D eigenvalue weighted by Crippen LogP contribution is 2.33. The fourth-order valence-corrected chi connectivity index (χ4v) is 2.30. The number of carbonyl (C=O) groups excluding carboxylic acids is 2. The third-order valence-electron chi connectivity index (χ3n) is 3.38. The van der Waals surface area contributed by atoms with Crippen LogP contribution in [0.15, 0.2) is 30.3 Å². The van der Waals surface area contributed by atoms with Gasteiger partial charge in [-0.2, -0.15) is 0 Å². The predicted molar refractivity (Wildman–Crippen MR) is 74.6 cm³/mol. The van der Waals surface area contributed by atoms with E-state index in [-0.39, 0.29) is 11.7 Å². The Kier molecular flexibility index (Phi) is 3.60. The first-order valence-electron chi connectivity index (χ1n) is 6.56. The highest BCUT2D eigenvalue weighted by atomic mass is 16.2. The topological polar surface area (TPSA) is 40.6 Å². The summed E-state index contributed by atoms with van der Waals surface area (Å²) in [6, 6.07) is 9.82. The molecule has 1 saturated heterocycles. The number of carbonyl (C=O) groups is 2. The van der Waals surface area contributed by atoms with Crippen molar-refractivity contribution in [1.82, 2.24) is 5.01 Å². The van der Waals surface area contributed by atoms with Crippen molar-refractivity contribution in [2.24, 2.45) is 5.41 Å². The molecule has 0 atom stereocenters. The summed E-state index contributed by atoms with van der Waals surface area (Å²) in [6.45, 7) is 6.54. The van der Waals surface area contributed by atoms with Crippen LogP contribution in [0, 0.1) is 5.41 Å². The Hall–Kier alpha value is -1.84. The van der Waals surface area contributed by atoms with Gasteiger partial charge in [0.2, 0.25) is 5.91 Å². The Morgan fingerprint density at radius 2 is 1.89 bits per heavy atom. The SMILES string of the molecule is CC(=O)CCN1C(=O)C(C)(C)CN1c1ccccc1. The highest BCUT2D eigenvalue weighted by Gasteiger charge is 2.44. The zero-order chi connectivity index (χ0) is 14.0. The number of hydrogen-bond donors (Lipinski definition) is 0. The second-order valence-corrected chi connectivity index (χ2v) is 5.66. The molecule has 102 valence electrons. The number of rotatable bonds is 4. The molecule has 0 radical (unpaired) electrons. The van der Waals surface area contributed by atoms with Crippen molar-refractivity contribution < 1.29 is 9.59 Å². The van der Waals surface area contributed by atoms with Crippen molar-refractivity contribution in [2.45, 2.75) is 27.2 Å². The largest absolute Gasteiger partial charge is 0.300 e. The van der Waals surface area contributed by atoms with Gasteiger partial charge in [-0.25, -0.2) is 0 Å². The van der Waals surface area contributed by atoms with Crippen molar-refractivity contribution in [3.8, 4) is 0 Å². The fraction of sp³-hybridized carbons (Fsp3) is 0.467. The van der Waals surface area contributed by atoms with Crippen LogP contribution in [0.4, 0.5) is 5.69 Å². The second-order valence-electron chi connectivity index (χ2n) is 5.66. The van der Waals surface area contributed by atoms with E-state index in [0.717, 1.165) is 5.69 Å². The van der Waals surface area contributed by atoms with E-state index < -0.39 is 5.41 Å². The van der Waals surface area contributed by atoms with Crippen LogP contribution >= 0.6 is 0 Å². The summed E-state index contributed by atoms with van der Waals surface area (Å²) >= 11 is 0. The van der Waals surface area contributed by atoms with Gasteiger partial charge in [0, 0.05) is 13.0 Å². The number of nitrogens with zero attached hydrogens (tertiary/aromatic N) is 2. The molecule has 0 spiro atoms. The van der Waals surface area contributed by atoms with Crippen LogP contribution in [0.25, 0.3) is 0 Å². The van der Waals surface area contributed by atoms with Crippen LogP contribution in [0.5, 0.6) is 0 Å². The van der Waals surface area contributed by atoms with Crippen molar-refractivity contribution in [2.75, 3.05) is 18.1 Å². The molecule has 19 heavy (non-hydrogen) atoms. The van der Waals surface area contributed by atoms with Crippen molar-refractivity contribution in [1.29, 1.82) is 0 Å². The van der Waals surface area contributed by atoms with Crippen LogP contribution in [-0.2, 0) is 9.59 Å². The van der Waals surface area contributed by atoms with E-state index >= 15 is 0 Å². The van der Waals surface area contributed by atoms with Gasteiger partial charge in [0.25, 0.3) is 0 Å². The molecule has 4 nitrogen and oxygen atoms in total. The lowest BCUT2D eigenvalue weighted by atomic mass is 9.94. The molecule has 1 heterocycles. The summed E-state index contributed by atoms with van der Waals surface area (Å²) < 4.78 is 0. The number of ketones is 1. The third-order valence-corrected chi connectivity index (χ3v) is 3.38. The van der Waals surface area contributed by atoms with Gasteiger partial charge in [0.1, 0.15) is 5.78 Å². The summed E-state index contributed by atoms with van der Waals surface area (Å²) in [6.07, 6.45) is 0.394. The summed E-state index contributed by atoms with van der Waals surface area (Å²) in [7, 11) is 0. The molecule has 1 aliphatic heterocycles. The molecule has 4 heteroatoms. The summed E-state index contributed by atoms with van der Waals surface area (Å²) in [5.74, 6) is 0.183. The lowest BCUT2D eigenvalue weighted by Gasteiger charge is -2.29. The molecule has 1 aliphatic rings. The first-order valence-corrected chi connectivity index (χ1v) is 6.56. The minimum absolute atomic E-state index is 0.0811. The van der Waals surface area contributed by atoms with Gasteiger partial charge in [-0.15, -0.1) is 0 Å². The van der Waals surface area contributed by atoms with Crippen molar-refractivity contribution in [3.63, 3.8) is 0 Å². The third kappa shape index (κ3) is 2.78. The summed E-state index contributed by atoms with van der Waals surface area (Å²) in [5, 5.41) is 3.68. The Morgan fingerprint density at radius 1 is 1.26 bits per heavy atom. The molecule has 1 aromatic rings. The lowest BCUT2D eigenvalue weighted by Crippen LogP contribution is -2.40. The van der Waals surface area contributed by atoms with Crippen LogP contribution < -0.4 is 5.01 Å². The van der Waals surface area contributed by atoms with Crippen LogP contribution in [0.2, 0.25) is 0 Å². The number of hydrogen-bond acceptors (Lipinski definition) is 3. The Labute approximate surface area is 114 Å². The fourth-order valence-electron chi connectivity index (χ4n) is 2.30. The van der Waals surface area contributed by atoms with Crippen LogP contribution in [0.3, 0.4) is 0 Å². The average Bonchev–Trinajstić information content (AvgIpc) is 2.60. The van der Waals surface area contributed by atoms with Gasteiger partial charge in [0.05, 0.1) is 17.6 Å². The molecular weight excluding hydrogens is 240 g/mol. The second kappa shape index (κ2) is 5.03. The Bertz CT molecular complexity index is 482. The van der Waals surface area contributed by atoms with Gasteiger partial charge in [-0.3, -0.25) is 19.6 Å². The monoisotopic (exact) mass is 260 g/mol. The minimum Gasteiger partial charge on any atom is -0.300 e. The summed E-state index contributed by atoms with van der Waals surface area (Å²) in [4.78, 5) is 23.6. The number of para-hydroxylation sites is 1. The zero-order valence-corrected chi connectivity index (χ0v) is 11.7. The minimum atomic E-state index is -0.410. The standard InChI is InChI=1S/C15H20N2O2/c1-12(18)9-10-16-14(19)15(2,3)11-17(16)13-7-5-4-6-8-13/h4-8H,9-11H2,1-3H3. The molecule has 0 saturated carbocycles. The smallest absolute Gasteiger partial charge is 0.248 e. The molecule has 1 amide bonds. The van der Waals surface area contributed by atoms with Gasteiger partial charge < -0.3 is 0 Å². The number of benzene rings is 1. The van der Waals surface area contributed by atoms with Crippen LogP contribution in [-0.4, -0.2) is 29.8 Å². The van der Waals surface area contributed by atoms with Crippen molar-refractivity contribution >= 4 is 17.4 Å². The first kappa shape index (κ1) is 13.6. The number of anilines is 1. The first-order chi connectivity index (χ1) is 8.92. The maximum Gasteiger partial charge on any atom is 0.248 e. The van der Waals surface area contributed by atoms with E-state index in [4.69, 9.17) is 0 Å². The Morgan fingerprint density at radius 3 is 2.47 bits per heavy atom. The molecular formula is C15H20N2O2. The predicted octanol–water partition coefficient (Wildman–Crippen LogP) is 2.26. The molecule has 1 aromatic carbocycles. The molecule has 0 bridgehead atoms. The average molecular weight is 260 g/mol. The zero-order valence-electron chi connectivity index (χ0n) is 11.7.